The number of benzene rings is 1. The lowest BCUT2D eigenvalue weighted by Crippen LogP contribution is -2.52. The fraction of sp³-hybridized carbons (Fsp3) is 0.455. The van der Waals surface area contributed by atoms with E-state index in [1.807, 2.05) is 48.2 Å². The van der Waals surface area contributed by atoms with E-state index in [2.05, 4.69) is 15.1 Å². The van der Waals surface area contributed by atoms with Gasteiger partial charge in [0.05, 0.1) is 10.7 Å². The first-order valence-corrected chi connectivity index (χ1v) is 10.9. The van der Waals surface area contributed by atoms with Crippen molar-refractivity contribution in [3.63, 3.8) is 0 Å². The van der Waals surface area contributed by atoms with Crippen LogP contribution in [0.4, 0.5) is 5.82 Å². The van der Waals surface area contributed by atoms with Crippen molar-refractivity contribution in [3.05, 3.63) is 41.4 Å². The van der Waals surface area contributed by atoms with Crippen molar-refractivity contribution in [1.29, 1.82) is 0 Å². The van der Waals surface area contributed by atoms with Crippen LogP contribution in [0.3, 0.4) is 0 Å². The molecule has 158 valence electrons. The summed E-state index contributed by atoms with van der Waals surface area (Å²) >= 11 is 6.24. The van der Waals surface area contributed by atoms with Crippen LogP contribution < -0.4 is 4.90 Å². The molecule has 1 aromatic carbocycles. The van der Waals surface area contributed by atoms with Crippen LogP contribution in [0.25, 0.3) is 11.3 Å². The molecule has 0 atom stereocenters. The van der Waals surface area contributed by atoms with Crippen LogP contribution in [0.2, 0.25) is 5.02 Å². The SMILES string of the molecule is CCC(=O)N(CC(=O)N1CCN(c2ccc(-c3ccccc3Cl)nn2)CC1)C1CC1. The Morgan fingerprint density at radius 1 is 1.07 bits per heavy atom. The number of rotatable bonds is 6. The number of piperazine rings is 1. The van der Waals surface area contributed by atoms with E-state index in [9.17, 15) is 9.59 Å². The Labute approximate surface area is 181 Å². The molecular formula is C22H26ClN5O2. The highest BCUT2D eigenvalue weighted by Gasteiger charge is 2.34. The zero-order valence-corrected chi connectivity index (χ0v) is 17.9. The molecule has 2 amide bonds. The van der Waals surface area contributed by atoms with Gasteiger partial charge in [-0.1, -0.05) is 36.7 Å². The minimum atomic E-state index is 0.0310. The molecule has 0 unspecified atom stereocenters. The fourth-order valence-electron chi connectivity index (χ4n) is 3.75. The van der Waals surface area contributed by atoms with Crippen molar-refractivity contribution in [2.24, 2.45) is 0 Å². The minimum Gasteiger partial charge on any atom is -0.352 e. The number of carbonyl (C=O) groups is 2. The molecule has 0 spiro atoms. The summed E-state index contributed by atoms with van der Waals surface area (Å²) < 4.78 is 0. The summed E-state index contributed by atoms with van der Waals surface area (Å²) in [7, 11) is 0. The molecule has 0 radical (unpaired) electrons. The molecule has 4 rings (SSSR count). The maximum Gasteiger partial charge on any atom is 0.242 e. The van der Waals surface area contributed by atoms with Gasteiger partial charge in [-0.2, -0.15) is 0 Å². The summed E-state index contributed by atoms with van der Waals surface area (Å²) in [6.45, 7) is 4.66. The molecular weight excluding hydrogens is 402 g/mol. The summed E-state index contributed by atoms with van der Waals surface area (Å²) in [6.07, 6.45) is 2.46. The zero-order chi connectivity index (χ0) is 21.1. The van der Waals surface area contributed by atoms with Crippen molar-refractivity contribution in [2.75, 3.05) is 37.6 Å². The van der Waals surface area contributed by atoms with Gasteiger partial charge in [0.25, 0.3) is 0 Å². The molecule has 30 heavy (non-hydrogen) atoms. The van der Waals surface area contributed by atoms with Crippen LogP contribution >= 0.6 is 11.6 Å². The number of amides is 2. The van der Waals surface area contributed by atoms with Gasteiger partial charge in [-0.15, -0.1) is 10.2 Å². The first-order chi connectivity index (χ1) is 14.6. The van der Waals surface area contributed by atoms with Crippen molar-refractivity contribution in [3.8, 4) is 11.3 Å². The molecule has 7 nitrogen and oxygen atoms in total. The van der Waals surface area contributed by atoms with E-state index in [-0.39, 0.29) is 24.4 Å². The average molecular weight is 428 g/mol. The highest BCUT2D eigenvalue weighted by atomic mass is 35.5. The second-order valence-electron chi connectivity index (χ2n) is 7.73. The first kappa shape index (κ1) is 20.6. The summed E-state index contributed by atoms with van der Waals surface area (Å²) in [5.74, 6) is 0.889. The highest BCUT2D eigenvalue weighted by molar-refractivity contribution is 6.33. The van der Waals surface area contributed by atoms with Crippen LogP contribution in [-0.2, 0) is 9.59 Å². The largest absolute Gasteiger partial charge is 0.352 e. The van der Waals surface area contributed by atoms with Crippen LogP contribution in [0.5, 0.6) is 0 Å². The van der Waals surface area contributed by atoms with E-state index in [1.54, 1.807) is 4.90 Å². The molecule has 1 saturated heterocycles. The molecule has 0 N–H and O–H groups in total. The summed E-state index contributed by atoms with van der Waals surface area (Å²) in [4.78, 5) is 30.6. The van der Waals surface area contributed by atoms with Gasteiger partial charge in [0.2, 0.25) is 11.8 Å². The number of halogens is 1. The Balaban J connectivity index is 1.33. The predicted octanol–water partition coefficient (Wildman–Crippen LogP) is 2.85. The van der Waals surface area contributed by atoms with E-state index in [0.717, 1.165) is 29.9 Å². The summed E-state index contributed by atoms with van der Waals surface area (Å²) in [5.41, 5.74) is 1.59. The lowest BCUT2D eigenvalue weighted by Gasteiger charge is -2.36. The van der Waals surface area contributed by atoms with Gasteiger partial charge in [-0.05, 0) is 31.0 Å². The third kappa shape index (κ3) is 4.56. The van der Waals surface area contributed by atoms with E-state index < -0.39 is 0 Å². The summed E-state index contributed by atoms with van der Waals surface area (Å²) in [6, 6.07) is 11.7. The monoisotopic (exact) mass is 427 g/mol. The van der Waals surface area contributed by atoms with Crippen LogP contribution in [-0.4, -0.2) is 70.6 Å². The summed E-state index contributed by atoms with van der Waals surface area (Å²) in [5, 5.41) is 9.34. The van der Waals surface area contributed by atoms with Gasteiger partial charge in [0.15, 0.2) is 5.82 Å². The molecule has 8 heteroatoms. The van der Waals surface area contributed by atoms with Crippen LogP contribution in [0, 0.1) is 0 Å². The Bertz CT molecular complexity index is 908. The second-order valence-corrected chi connectivity index (χ2v) is 8.14. The second kappa shape index (κ2) is 9.00. The van der Waals surface area contributed by atoms with E-state index in [0.29, 0.717) is 37.6 Å². The third-order valence-corrected chi connectivity index (χ3v) is 6.00. The molecule has 2 aliphatic rings. The van der Waals surface area contributed by atoms with Crippen molar-refractivity contribution in [2.45, 2.75) is 32.2 Å². The number of hydrogen-bond donors (Lipinski definition) is 0. The number of aromatic nitrogens is 2. The van der Waals surface area contributed by atoms with Crippen LogP contribution in [0.1, 0.15) is 26.2 Å². The quantitative estimate of drug-likeness (QED) is 0.709. The van der Waals surface area contributed by atoms with Gasteiger partial charge in [-0.25, -0.2) is 0 Å². The Kier molecular flexibility index (Phi) is 6.18. The number of hydrogen-bond acceptors (Lipinski definition) is 5. The Morgan fingerprint density at radius 2 is 1.80 bits per heavy atom. The van der Waals surface area contributed by atoms with Gasteiger partial charge >= 0.3 is 0 Å². The van der Waals surface area contributed by atoms with Gasteiger partial charge in [0.1, 0.15) is 6.54 Å². The minimum absolute atomic E-state index is 0.0310. The lowest BCUT2D eigenvalue weighted by molar-refractivity contribution is -0.141. The standard InChI is InChI=1S/C22H26ClN5O2/c1-2-21(29)28(16-7-8-16)15-22(30)27-13-11-26(12-14-27)20-10-9-19(24-25-20)17-5-3-4-6-18(17)23/h3-6,9-10,16H,2,7-8,11-15H2,1H3. The Hall–Kier alpha value is -2.67. The fourth-order valence-corrected chi connectivity index (χ4v) is 3.98. The molecule has 1 aliphatic heterocycles. The van der Waals surface area contributed by atoms with E-state index in [1.165, 1.54) is 0 Å². The van der Waals surface area contributed by atoms with Crippen molar-refractivity contribution in [1.82, 2.24) is 20.0 Å². The molecule has 2 heterocycles. The van der Waals surface area contributed by atoms with Crippen molar-refractivity contribution >= 4 is 29.2 Å². The normalized spacial score (nSPS) is 16.5. The lowest BCUT2D eigenvalue weighted by atomic mass is 10.1. The predicted molar refractivity (Wildman–Crippen MR) is 116 cm³/mol. The Morgan fingerprint density at radius 3 is 2.40 bits per heavy atom. The average Bonchev–Trinajstić information content (AvgIpc) is 3.63. The third-order valence-electron chi connectivity index (χ3n) is 5.67. The van der Waals surface area contributed by atoms with Crippen LogP contribution in [0.15, 0.2) is 36.4 Å². The van der Waals surface area contributed by atoms with Gasteiger partial charge in [0, 0.05) is 44.2 Å². The molecule has 1 saturated carbocycles. The van der Waals surface area contributed by atoms with Gasteiger partial charge in [-0.3, -0.25) is 9.59 Å². The maximum absolute atomic E-state index is 12.7. The molecule has 1 aromatic heterocycles. The smallest absolute Gasteiger partial charge is 0.242 e. The molecule has 1 aliphatic carbocycles. The highest BCUT2D eigenvalue weighted by Crippen LogP contribution is 2.28. The first-order valence-electron chi connectivity index (χ1n) is 10.5. The van der Waals surface area contributed by atoms with Gasteiger partial charge < -0.3 is 14.7 Å². The topological polar surface area (TPSA) is 69.6 Å². The molecule has 2 aromatic rings. The molecule has 2 fully saturated rings. The number of carbonyl (C=O) groups excluding carboxylic acids is 2. The number of anilines is 1. The number of nitrogens with zero attached hydrogens (tertiary/aromatic N) is 5. The molecule has 0 bridgehead atoms. The van der Waals surface area contributed by atoms with Crippen molar-refractivity contribution < 1.29 is 9.59 Å². The van der Waals surface area contributed by atoms with E-state index in [4.69, 9.17) is 11.6 Å². The zero-order valence-electron chi connectivity index (χ0n) is 17.1. The van der Waals surface area contributed by atoms with E-state index >= 15 is 0 Å². The maximum atomic E-state index is 12.7.